The number of aromatic nitrogens is 1. The molecule has 1 aliphatic rings. The molecule has 0 radical (unpaired) electrons. The molecule has 2 aromatic rings. The minimum absolute atomic E-state index is 0.611. The molecule has 6 nitrogen and oxygen atoms in total. The van der Waals surface area contributed by atoms with Crippen LogP contribution in [0.1, 0.15) is 30.5 Å². The minimum Gasteiger partial charge on any atom is -0.357 e. The molecule has 1 saturated heterocycles. The quantitative estimate of drug-likeness (QED) is 0.559. The number of likely N-dealkylation sites (N-methyl/N-ethyl adjacent to an activating group) is 1. The van der Waals surface area contributed by atoms with E-state index in [1.807, 2.05) is 12.3 Å². The van der Waals surface area contributed by atoms with Gasteiger partial charge in [-0.3, -0.25) is 0 Å². The van der Waals surface area contributed by atoms with Crippen molar-refractivity contribution >= 4 is 11.8 Å². The Morgan fingerprint density at radius 2 is 1.69 bits per heavy atom. The first-order valence-corrected chi connectivity index (χ1v) is 10.7. The van der Waals surface area contributed by atoms with Gasteiger partial charge in [-0.2, -0.15) is 0 Å². The van der Waals surface area contributed by atoms with E-state index in [1.54, 1.807) is 0 Å². The van der Waals surface area contributed by atoms with E-state index in [0.717, 1.165) is 57.5 Å². The van der Waals surface area contributed by atoms with Crippen LogP contribution in [0.4, 0.5) is 5.82 Å². The first-order valence-electron chi connectivity index (χ1n) is 10.7. The normalized spacial score (nSPS) is 15.4. The van der Waals surface area contributed by atoms with E-state index in [1.165, 1.54) is 16.7 Å². The Morgan fingerprint density at radius 1 is 0.966 bits per heavy atom. The molecule has 0 aliphatic carbocycles. The van der Waals surface area contributed by atoms with Crippen molar-refractivity contribution in [3.8, 4) is 0 Å². The molecule has 3 rings (SSSR count). The van der Waals surface area contributed by atoms with E-state index in [-0.39, 0.29) is 0 Å². The van der Waals surface area contributed by atoms with Crippen molar-refractivity contribution < 1.29 is 0 Å². The molecule has 1 aromatic heterocycles. The first kappa shape index (κ1) is 21.1. The van der Waals surface area contributed by atoms with Crippen LogP contribution in [0, 0.1) is 0 Å². The van der Waals surface area contributed by atoms with Crippen molar-refractivity contribution in [3.63, 3.8) is 0 Å². The van der Waals surface area contributed by atoms with Crippen LogP contribution in [0.2, 0.25) is 0 Å². The molecule has 0 unspecified atom stereocenters. The fourth-order valence-corrected chi connectivity index (χ4v) is 3.62. The minimum atomic E-state index is 0.611. The molecule has 0 saturated carbocycles. The summed E-state index contributed by atoms with van der Waals surface area (Å²) in [7, 11) is 2.17. The number of aryl methyl sites for hydroxylation is 1. The Kier molecular flexibility index (Phi) is 7.87. The Hall–Kier alpha value is -2.60. The molecule has 0 atom stereocenters. The van der Waals surface area contributed by atoms with Crippen molar-refractivity contribution in [2.24, 2.45) is 4.99 Å². The summed E-state index contributed by atoms with van der Waals surface area (Å²) in [4.78, 5) is 14.2. The van der Waals surface area contributed by atoms with Crippen molar-refractivity contribution in [3.05, 3.63) is 59.3 Å². The average molecular weight is 395 g/mol. The molecule has 29 heavy (non-hydrogen) atoms. The van der Waals surface area contributed by atoms with Gasteiger partial charge in [-0.25, -0.2) is 9.98 Å². The van der Waals surface area contributed by atoms with E-state index in [9.17, 15) is 0 Å². The zero-order valence-electron chi connectivity index (χ0n) is 18.0. The highest BCUT2D eigenvalue weighted by atomic mass is 15.3. The standard InChI is InChI=1S/C23H34N6/c1-4-19-9-6-7-10-20(19)17-26-23(24-5-2)27-18-21-11-8-12-25-22(21)29-15-13-28(3)14-16-29/h6-12H,4-5,13-18H2,1-3H3,(H2,24,26,27). The molecule has 1 fully saturated rings. The summed E-state index contributed by atoms with van der Waals surface area (Å²) in [6.07, 6.45) is 2.92. The predicted molar refractivity (Wildman–Crippen MR) is 121 cm³/mol. The van der Waals surface area contributed by atoms with Crippen molar-refractivity contribution in [1.82, 2.24) is 20.5 Å². The van der Waals surface area contributed by atoms with Crippen LogP contribution < -0.4 is 15.5 Å². The largest absolute Gasteiger partial charge is 0.357 e. The van der Waals surface area contributed by atoms with Gasteiger partial charge in [-0.05, 0) is 37.6 Å². The molecule has 0 amide bonds. The molecule has 6 heteroatoms. The number of piperazine rings is 1. The number of pyridine rings is 1. The van der Waals surface area contributed by atoms with Crippen LogP contribution in [0.25, 0.3) is 0 Å². The van der Waals surface area contributed by atoms with Gasteiger partial charge in [0.25, 0.3) is 0 Å². The monoisotopic (exact) mass is 394 g/mol. The molecule has 1 aromatic carbocycles. The van der Waals surface area contributed by atoms with E-state index >= 15 is 0 Å². The lowest BCUT2D eigenvalue weighted by Crippen LogP contribution is -2.45. The molecule has 1 aliphatic heterocycles. The molecule has 2 heterocycles. The highest BCUT2D eigenvalue weighted by molar-refractivity contribution is 5.79. The van der Waals surface area contributed by atoms with Gasteiger partial charge in [-0.1, -0.05) is 37.3 Å². The van der Waals surface area contributed by atoms with Gasteiger partial charge >= 0.3 is 0 Å². The number of anilines is 1. The summed E-state index contributed by atoms with van der Waals surface area (Å²) >= 11 is 0. The lowest BCUT2D eigenvalue weighted by atomic mass is 10.1. The van der Waals surface area contributed by atoms with E-state index in [0.29, 0.717) is 6.54 Å². The van der Waals surface area contributed by atoms with Gasteiger partial charge in [0, 0.05) is 51.0 Å². The van der Waals surface area contributed by atoms with Crippen molar-refractivity contribution in [2.75, 3.05) is 44.7 Å². The average Bonchev–Trinajstić information content (AvgIpc) is 2.76. The lowest BCUT2D eigenvalue weighted by molar-refractivity contribution is 0.312. The second kappa shape index (κ2) is 10.8. The van der Waals surface area contributed by atoms with Gasteiger partial charge in [0.05, 0.1) is 6.54 Å². The molecule has 2 N–H and O–H groups in total. The number of nitrogens with zero attached hydrogens (tertiary/aromatic N) is 4. The number of aliphatic imine (C=N–C) groups is 1. The van der Waals surface area contributed by atoms with Crippen LogP contribution in [0.3, 0.4) is 0 Å². The highest BCUT2D eigenvalue weighted by Crippen LogP contribution is 2.19. The third kappa shape index (κ3) is 5.94. The van der Waals surface area contributed by atoms with Gasteiger partial charge in [0.15, 0.2) is 5.96 Å². The number of hydrogen-bond acceptors (Lipinski definition) is 4. The van der Waals surface area contributed by atoms with E-state index in [4.69, 9.17) is 4.99 Å². The molecule has 156 valence electrons. The number of benzene rings is 1. The van der Waals surface area contributed by atoms with Crippen molar-refractivity contribution in [2.45, 2.75) is 33.4 Å². The Morgan fingerprint density at radius 3 is 2.41 bits per heavy atom. The summed E-state index contributed by atoms with van der Waals surface area (Å²) < 4.78 is 0. The Bertz CT molecular complexity index is 795. The maximum atomic E-state index is 4.84. The first-order chi connectivity index (χ1) is 14.2. The third-order valence-corrected chi connectivity index (χ3v) is 5.37. The molecular weight excluding hydrogens is 360 g/mol. The van der Waals surface area contributed by atoms with E-state index < -0.39 is 0 Å². The van der Waals surface area contributed by atoms with Crippen molar-refractivity contribution in [1.29, 1.82) is 0 Å². The number of guanidine groups is 1. The summed E-state index contributed by atoms with van der Waals surface area (Å²) in [5.74, 6) is 1.91. The number of rotatable bonds is 7. The fraction of sp³-hybridized carbons (Fsp3) is 0.478. The fourth-order valence-electron chi connectivity index (χ4n) is 3.62. The zero-order valence-corrected chi connectivity index (χ0v) is 18.0. The Labute approximate surface area is 175 Å². The molecular formula is C23H34N6. The summed E-state index contributed by atoms with van der Waals surface area (Å²) in [6, 6.07) is 12.7. The zero-order chi connectivity index (χ0) is 20.5. The van der Waals surface area contributed by atoms with Crippen LogP contribution in [-0.2, 0) is 19.5 Å². The second-order valence-corrected chi connectivity index (χ2v) is 7.45. The number of nitrogens with one attached hydrogen (secondary N) is 2. The topological polar surface area (TPSA) is 55.8 Å². The van der Waals surface area contributed by atoms with Gasteiger partial charge < -0.3 is 20.4 Å². The maximum Gasteiger partial charge on any atom is 0.191 e. The van der Waals surface area contributed by atoms with E-state index in [2.05, 4.69) is 76.6 Å². The van der Waals surface area contributed by atoms with Gasteiger partial charge in [0.2, 0.25) is 0 Å². The van der Waals surface area contributed by atoms with Gasteiger partial charge in [0.1, 0.15) is 5.82 Å². The predicted octanol–water partition coefficient (Wildman–Crippen LogP) is 2.65. The smallest absolute Gasteiger partial charge is 0.191 e. The highest BCUT2D eigenvalue weighted by Gasteiger charge is 2.17. The van der Waals surface area contributed by atoms with Crippen LogP contribution >= 0.6 is 0 Å². The Balaban J connectivity index is 1.69. The summed E-state index contributed by atoms with van der Waals surface area (Å²) in [5.41, 5.74) is 3.86. The van der Waals surface area contributed by atoms with Crippen LogP contribution in [0.5, 0.6) is 0 Å². The van der Waals surface area contributed by atoms with Gasteiger partial charge in [-0.15, -0.1) is 0 Å². The van der Waals surface area contributed by atoms with Crippen LogP contribution in [0.15, 0.2) is 47.6 Å². The second-order valence-electron chi connectivity index (χ2n) is 7.45. The maximum absolute atomic E-state index is 4.84. The number of hydrogen-bond donors (Lipinski definition) is 2. The summed E-state index contributed by atoms with van der Waals surface area (Å²) in [5, 5.41) is 6.85. The lowest BCUT2D eigenvalue weighted by Gasteiger charge is -2.34. The SMILES string of the molecule is CCNC(=NCc1cccnc1N1CCN(C)CC1)NCc1ccccc1CC. The molecule has 0 bridgehead atoms. The van der Waals surface area contributed by atoms with Crippen LogP contribution in [-0.4, -0.2) is 55.6 Å². The summed E-state index contributed by atoms with van der Waals surface area (Å²) in [6.45, 7) is 10.7. The molecule has 0 spiro atoms. The third-order valence-electron chi connectivity index (χ3n) is 5.37.